The summed E-state index contributed by atoms with van der Waals surface area (Å²) in [6, 6.07) is 21.0. The minimum absolute atomic E-state index is 0.0530. The Morgan fingerprint density at radius 3 is 2.74 bits per heavy atom. The van der Waals surface area contributed by atoms with E-state index in [1.54, 1.807) is 42.1 Å². The number of Topliss-reactive ketones (excluding diaryl/α,β-unsaturated/α-hetero) is 1. The number of nitrogens with zero attached hydrogens (tertiary/aromatic N) is 3. The number of methoxy groups -OCH3 is 1. The number of rotatable bonds is 8. The molecule has 8 heteroatoms. The highest BCUT2D eigenvalue weighted by molar-refractivity contribution is 7.99. The Bertz CT molecular complexity index is 1580. The molecule has 0 saturated heterocycles. The highest BCUT2D eigenvalue weighted by Crippen LogP contribution is 2.31. The van der Waals surface area contributed by atoms with Gasteiger partial charge in [0.15, 0.2) is 10.9 Å². The van der Waals surface area contributed by atoms with Crippen LogP contribution in [0.3, 0.4) is 0 Å². The first-order chi connectivity index (χ1) is 17.0. The molecule has 0 aliphatic heterocycles. The van der Waals surface area contributed by atoms with Crippen molar-refractivity contribution in [1.29, 1.82) is 0 Å². The van der Waals surface area contributed by atoms with Crippen LogP contribution in [-0.2, 0) is 6.54 Å². The number of carbonyl (C=O) groups is 1. The molecule has 2 aromatic carbocycles. The lowest BCUT2D eigenvalue weighted by molar-refractivity contribution is 0.102. The highest BCUT2D eigenvalue weighted by Gasteiger charge is 2.20. The molecule has 0 aliphatic carbocycles. The molecular weight excluding hydrogens is 478 g/mol. The van der Waals surface area contributed by atoms with E-state index in [-0.39, 0.29) is 23.0 Å². The van der Waals surface area contributed by atoms with Gasteiger partial charge in [-0.2, -0.15) is 0 Å². The monoisotopic (exact) mass is 501 g/mol. The van der Waals surface area contributed by atoms with Crippen LogP contribution < -0.4 is 10.3 Å². The van der Waals surface area contributed by atoms with Crippen molar-refractivity contribution in [2.24, 2.45) is 0 Å². The Morgan fingerprint density at radius 1 is 1.11 bits per heavy atom. The van der Waals surface area contributed by atoms with Crippen molar-refractivity contribution in [2.45, 2.75) is 24.5 Å². The molecule has 0 aliphatic rings. The summed E-state index contributed by atoms with van der Waals surface area (Å²) in [6.07, 6.45) is 1.72. The zero-order chi connectivity index (χ0) is 24.4. The second-order valence-electron chi connectivity index (χ2n) is 8.20. The van der Waals surface area contributed by atoms with Crippen LogP contribution >= 0.6 is 23.1 Å². The van der Waals surface area contributed by atoms with E-state index in [4.69, 9.17) is 9.72 Å². The van der Waals surface area contributed by atoms with Gasteiger partial charge < -0.3 is 4.74 Å². The molecule has 0 radical (unpaired) electrons. The molecular formula is C27H23N3O3S2. The Labute approximate surface area is 210 Å². The Morgan fingerprint density at radius 2 is 1.94 bits per heavy atom. The first-order valence-corrected chi connectivity index (χ1v) is 13.0. The molecule has 0 N–H and O–H groups in total. The molecule has 0 unspecified atom stereocenters. The van der Waals surface area contributed by atoms with E-state index in [0.717, 1.165) is 15.8 Å². The van der Waals surface area contributed by atoms with Gasteiger partial charge in [0, 0.05) is 23.7 Å². The lowest BCUT2D eigenvalue weighted by Gasteiger charge is -2.17. The highest BCUT2D eigenvalue weighted by atomic mass is 32.2. The number of hydrogen-bond donors (Lipinski definition) is 0. The number of ketones is 1. The molecule has 0 bridgehead atoms. The molecule has 0 saturated carbocycles. The normalized spacial score (nSPS) is 12.2. The summed E-state index contributed by atoms with van der Waals surface area (Å²) in [5.74, 6) is 0.827. The second kappa shape index (κ2) is 10.0. The summed E-state index contributed by atoms with van der Waals surface area (Å²) >= 11 is 2.65. The lowest BCUT2D eigenvalue weighted by Crippen LogP contribution is -2.25. The number of pyridine rings is 1. The van der Waals surface area contributed by atoms with E-state index in [2.05, 4.69) is 24.0 Å². The number of fused-ring (bicyclic) bond motifs is 3. The van der Waals surface area contributed by atoms with Crippen molar-refractivity contribution >= 4 is 49.3 Å². The zero-order valence-electron chi connectivity index (χ0n) is 19.3. The van der Waals surface area contributed by atoms with Crippen molar-refractivity contribution in [3.8, 4) is 5.75 Å². The number of aromatic nitrogens is 3. The molecule has 5 rings (SSSR count). The van der Waals surface area contributed by atoms with Gasteiger partial charge >= 0.3 is 0 Å². The number of ether oxygens (including phenoxy) is 1. The van der Waals surface area contributed by atoms with Crippen LogP contribution in [0, 0.1) is 0 Å². The quantitative estimate of drug-likeness (QED) is 0.152. The van der Waals surface area contributed by atoms with Crippen LogP contribution in [-0.4, -0.2) is 33.2 Å². The van der Waals surface area contributed by atoms with Gasteiger partial charge in [-0.1, -0.05) is 61.2 Å². The molecule has 3 heterocycles. The van der Waals surface area contributed by atoms with Crippen LogP contribution in [0.15, 0.2) is 82.9 Å². The average molecular weight is 502 g/mol. The van der Waals surface area contributed by atoms with Crippen molar-refractivity contribution < 1.29 is 9.53 Å². The molecule has 176 valence electrons. The maximum Gasteiger partial charge on any atom is 0.272 e. The van der Waals surface area contributed by atoms with Crippen LogP contribution in [0.5, 0.6) is 5.75 Å². The van der Waals surface area contributed by atoms with Gasteiger partial charge in [-0.15, -0.1) is 11.3 Å². The predicted octanol–water partition coefficient (Wildman–Crippen LogP) is 5.79. The summed E-state index contributed by atoms with van der Waals surface area (Å²) in [6.45, 7) is 2.55. The van der Waals surface area contributed by atoms with Crippen LogP contribution in [0.1, 0.15) is 28.8 Å². The molecule has 35 heavy (non-hydrogen) atoms. The van der Waals surface area contributed by atoms with Gasteiger partial charge in [-0.3, -0.25) is 14.2 Å². The Balaban J connectivity index is 1.54. The number of thioether (sulfide) groups is 1. The third kappa shape index (κ3) is 4.72. The summed E-state index contributed by atoms with van der Waals surface area (Å²) in [5.41, 5.74) is 2.25. The number of thiophene rings is 1. The summed E-state index contributed by atoms with van der Waals surface area (Å²) in [4.78, 5) is 36.7. The summed E-state index contributed by atoms with van der Waals surface area (Å²) in [7, 11) is 1.57. The fraction of sp³-hybridized carbons (Fsp3) is 0.185. The van der Waals surface area contributed by atoms with E-state index in [1.807, 2.05) is 30.3 Å². The summed E-state index contributed by atoms with van der Waals surface area (Å²) in [5, 5.41) is 1.39. The predicted molar refractivity (Wildman–Crippen MR) is 142 cm³/mol. The third-order valence-electron chi connectivity index (χ3n) is 5.87. The molecule has 1 atom stereocenters. The van der Waals surface area contributed by atoms with Crippen LogP contribution in [0.4, 0.5) is 0 Å². The molecule has 5 aromatic rings. The van der Waals surface area contributed by atoms with E-state index >= 15 is 0 Å². The van der Waals surface area contributed by atoms with Gasteiger partial charge in [0.1, 0.15) is 15.3 Å². The Kier molecular flexibility index (Phi) is 6.66. The molecule has 6 nitrogen and oxygen atoms in total. The fourth-order valence-electron chi connectivity index (χ4n) is 3.98. The van der Waals surface area contributed by atoms with Gasteiger partial charge in [0.25, 0.3) is 5.56 Å². The van der Waals surface area contributed by atoms with Crippen molar-refractivity contribution in [3.05, 3.63) is 94.4 Å². The molecule has 0 amide bonds. The first-order valence-electron chi connectivity index (χ1n) is 11.2. The van der Waals surface area contributed by atoms with E-state index in [0.29, 0.717) is 33.2 Å². The summed E-state index contributed by atoms with van der Waals surface area (Å²) < 4.78 is 7.54. The van der Waals surface area contributed by atoms with Gasteiger partial charge in [0.2, 0.25) is 0 Å². The van der Waals surface area contributed by atoms with E-state index < -0.39 is 0 Å². The average Bonchev–Trinajstić information content (AvgIpc) is 3.28. The Hall–Kier alpha value is -3.49. The minimum atomic E-state index is -0.0999. The van der Waals surface area contributed by atoms with Gasteiger partial charge in [-0.25, -0.2) is 9.97 Å². The maximum absolute atomic E-state index is 13.7. The third-order valence-corrected chi connectivity index (χ3v) is 7.93. The topological polar surface area (TPSA) is 74.1 Å². The number of benzene rings is 2. The van der Waals surface area contributed by atoms with Crippen molar-refractivity contribution in [1.82, 2.24) is 14.5 Å². The molecule has 3 aromatic heterocycles. The lowest BCUT2D eigenvalue weighted by atomic mass is 10.0. The smallest absolute Gasteiger partial charge is 0.272 e. The van der Waals surface area contributed by atoms with Crippen LogP contribution in [0.2, 0.25) is 0 Å². The molecule has 0 fully saturated rings. The first kappa shape index (κ1) is 23.3. The maximum atomic E-state index is 13.7. The fourth-order valence-corrected chi connectivity index (χ4v) is 5.91. The number of carbonyl (C=O) groups excluding carboxylic acids is 1. The zero-order valence-corrected chi connectivity index (χ0v) is 20.9. The largest absolute Gasteiger partial charge is 0.497 e. The number of hydrogen-bond acceptors (Lipinski definition) is 7. The van der Waals surface area contributed by atoms with E-state index in [1.165, 1.54) is 23.1 Å². The van der Waals surface area contributed by atoms with Crippen LogP contribution in [0.25, 0.3) is 20.4 Å². The second-order valence-corrected chi connectivity index (χ2v) is 10.1. The standard InChI is InChI=1S/C27H23N3O3S2/c1-17(18-8-4-3-5-9-18)15-30-26(32)24-23(21-12-7-13-28-25(21)35-24)29-27(30)34-16-22(31)19-10-6-11-20(14-19)33-2/h3-14,17H,15-16H2,1-2H3/t17-/m0/s1. The van der Waals surface area contributed by atoms with E-state index in [9.17, 15) is 9.59 Å². The van der Waals surface area contributed by atoms with Crippen molar-refractivity contribution in [2.75, 3.05) is 12.9 Å². The van der Waals surface area contributed by atoms with Crippen molar-refractivity contribution in [3.63, 3.8) is 0 Å². The van der Waals surface area contributed by atoms with Gasteiger partial charge in [-0.05, 0) is 35.7 Å². The molecule has 0 spiro atoms. The minimum Gasteiger partial charge on any atom is -0.497 e. The van der Waals surface area contributed by atoms with Gasteiger partial charge in [0.05, 0.1) is 18.4 Å². The SMILES string of the molecule is COc1cccc(C(=O)CSc2nc3c(sc4ncccc43)c(=O)n2C[C@H](C)c2ccccc2)c1.